The summed E-state index contributed by atoms with van der Waals surface area (Å²) in [5, 5.41) is 4.73. The van der Waals surface area contributed by atoms with Crippen molar-refractivity contribution in [3.8, 4) is 0 Å². The van der Waals surface area contributed by atoms with Crippen LogP contribution in [0.15, 0.2) is 42.5 Å². The van der Waals surface area contributed by atoms with Gasteiger partial charge in [0.25, 0.3) is 0 Å². The largest absolute Gasteiger partial charge is 0.352 e. The van der Waals surface area contributed by atoms with Crippen LogP contribution in [-0.2, 0) is 21.9 Å². The topological polar surface area (TPSA) is 49.4 Å². The second kappa shape index (κ2) is 12.9. The van der Waals surface area contributed by atoms with Crippen molar-refractivity contribution in [1.82, 2.24) is 10.2 Å². The number of halogens is 3. The van der Waals surface area contributed by atoms with Gasteiger partial charge in [-0.2, -0.15) is 0 Å². The summed E-state index contributed by atoms with van der Waals surface area (Å²) in [5.41, 5.74) is 1.81. The summed E-state index contributed by atoms with van der Waals surface area (Å²) in [4.78, 5) is 27.9. The van der Waals surface area contributed by atoms with E-state index in [0.29, 0.717) is 20.8 Å². The Hall–Kier alpha value is -1.40. The van der Waals surface area contributed by atoms with Crippen LogP contribution in [-0.4, -0.2) is 34.6 Å². The molecule has 8 heteroatoms. The summed E-state index contributed by atoms with van der Waals surface area (Å²) in [6.07, 6.45) is 5.47. The van der Waals surface area contributed by atoms with Crippen LogP contribution >= 0.6 is 46.6 Å². The maximum absolute atomic E-state index is 13.2. The fourth-order valence-corrected chi connectivity index (χ4v) is 5.30. The van der Waals surface area contributed by atoms with Crippen LogP contribution in [0.3, 0.4) is 0 Å². The lowest BCUT2D eigenvalue weighted by Crippen LogP contribution is -2.50. The summed E-state index contributed by atoms with van der Waals surface area (Å²) in [7, 11) is 0. The highest BCUT2D eigenvalue weighted by molar-refractivity contribution is 7.99. The van der Waals surface area contributed by atoms with Gasteiger partial charge in [0.2, 0.25) is 11.8 Å². The molecule has 0 saturated heterocycles. The first kappa shape index (κ1) is 26.2. The number of carbonyl (C=O) groups is 2. The summed E-state index contributed by atoms with van der Waals surface area (Å²) >= 11 is 19.9. The zero-order chi connectivity index (χ0) is 23.8. The van der Waals surface area contributed by atoms with Crippen LogP contribution in [0.2, 0.25) is 15.1 Å². The fraction of sp³-hybridized carbons (Fsp3) is 0.440. The average Bonchev–Trinajstić information content (AvgIpc) is 2.81. The van der Waals surface area contributed by atoms with Crippen LogP contribution in [0.4, 0.5) is 0 Å². The second-order valence-electron chi connectivity index (χ2n) is 8.37. The molecule has 4 nitrogen and oxygen atoms in total. The van der Waals surface area contributed by atoms with Gasteiger partial charge < -0.3 is 10.2 Å². The molecule has 2 amide bonds. The molecule has 1 N–H and O–H groups in total. The molecule has 0 bridgehead atoms. The van der Waals surface area contributed by atoms with E-state index in [1.807, 2.05) is 30.3 Å². The van der Waals surface area contributed by atoms with Crippen molar-refractivity contribution >= 4 is 58.4 Å². The quantitative estimate of drug-likeness (QED) is 0.392. The van der Waals surface area contributed by atoms with Crippen molar-refractivity contribution in [1.29, 1.82) is 0 Å². The zero-order valence-corrected chi connectivity index (χ0v) is 21.7. The third-order valence-electron chi connectivity index (χ3n) is 5.90. The maximum atomic E-state index is 13.2. The Labute approximate surface area is 215 Å². The summed E-state index contributed by atoms with van der Waals surface area (Å²) in [6, 6.07) is 12.5. The number of nitrogens with zero attached hydrogens (tertiary/aromatic N) is 1. The Morgan fingerprint density at radius 2 is 1.76 bits per heavy atom. The van der Waals surface area contributed by atoms with E-state index in [1.54, 1.807) is 24.0 Å². The number of nitrogens with one attached hydrogen (secondary N) is 1. The molecule has 1 atom stereocenters. The minimum atomic E-state index is -0.596. The molecule has 3 rings (SSSR count). The van der Waals surface area contributed by atoms with Gasteiger partial charge in [-0.25, -0.2) is 0 Å². The minimum absolute atomic E-state index is 0.105. The van der Waals surface area contributed by atoms with Gasteiger partial charge in [0, 0.05) is 23.4 Å². The Morgan fingerprint density at radius 1 is 1.03 bits per heavy atom. The third-order valence-corrected chi connectivity index (χ3v) is 7.99. The van der Waals surface area contributed by atoms with Gasteiger partial charge in [0.15, 0.2) is 0 Å². The highest BCUT2D eigenvalue weighted by Crippen LogP contribution is 2.25. The third kappa shape index (κ3) is 7.81. The van der Waals surface area contributed by atoms with Gasteiger partial charge in [-0.1, -0.05) is 78.3 Å². The van der Waals surface area contributed by atoms with E-state index in [9.17, 15) is 9.59 Å². The highest BCUT2D eigenvalue weighted by atomic mass is 35.5. The SMILES string of the molecule is CC(C(=O)NC1CCCCC1)N(Cc1ccccc1Cl)C(=O)CSCc1ccc(Cl)c(Cl)c1. The second-order valence-corrected chi connectivity index (χ2v) is 10.6. The Morgan fingerprint density at radius 3 is 2.45 bits per heavy atom. The molecular weight excluding hydrogens is 499 g/mol. The normalized spacial score (nSPS) is 15.2. The molecule has 33 heavy (non-hydrogen) atoms. The van der Waals surface area contributed by atoms with E-state index in [0.717, 1.165) is 36.8 Å². The Kier molecular flexibility index (Phi) is 10.2. The molecule has 0 aliphatic heterocycles. The molecule has 0 aromatic heterocycles. The van der Waals surface area contributed by atoms with Crippen molar-refractivity contribution in [2.75, 3.05) is 5.75 Å². The van der Waals surface area contributed by atoms with Gasteiger partial charge in [-0.05, 0) is 49.1 Å². The smallest absolute Gasteiger partial charge is 0.242 e. The first-order chi connectivity index (χ1) is 15.8. The lowest BCUT2D eigenvalue weighted by molar-refractivity contribution is -0.139. The van der Waals surface area contributed by atoms with Crippen LogP contribution in [0, 0.1) is 0 Å². The van der Waals surface area contributed by atoms with Crippen molar-refractivity contribution in [2.24, 2.45) is 0 Å². The molecule has 178 valence electrons. The molecule has 0 radical (unpaired) electrons. The standard InChI is InChI=1S/C25H29Cl3N2O2S/c1-17(25(32)29-20-8-3-2-4-9-20)30(14-19-7-5-6-10-21(19)26)24(31)16-33-15-18-11-12-22(27)23(28)13-18/h5-7,10-13,17,20H,2-4,8-9,14-16H2,1H3,(H,29,32). The number of amides is 2. The number of hydrogen-bond acceptors (Lipinski definition) is 3. The maximum Gasteiger partial charge on any atom is 0.242 e. The van der Waals surface area contributed by atoms with E-state index < -0.39 is 6.04 Å². The number of thioether (sulfide) groups is 1. The van der Waals surface area contributed by atoms with Crippen molar-refractivity contribution in [3.63, 3.8) is 0 Å². The summed E-state index contributed by atoms with van der Waals surface area (Å²) < 4.78 is 0. The van der Waals surface area contributed by atoms with Gasteiger partial charge in [-0.15, -0.1) is 11.8 Å². The van der Waals surface area contributed by atoms with Gasteiger partial charge in [0.05, 0.1) is 15.8 Å². The molecule has 2 aromatic rings. The monoisotopic (exact) mass is 526 g/mol. The van der Waals surface area contributed by atoms with Crippen LogP contribution in [0.5, 0.6) is 0 Å². The number of rotatable bonds is 9. The fourth-order valence-electron chi connectivity index (χ4n) is 3.93. The van der Waals surface area contributed by atoms with Crippen LogP contribution < -0.4 is 5.32 Å². The summed E-state index contributed by atoms with van der Waals surface area (Å²) in [6.45, 7) is 2.07. The van der Waals surface area contributed by atoms with Crippen molar-refractivity contribution in [3.05, 3.63) is 68.7 Å². The number of hydrogen-bond donors (Lipinski definition) is 1. The van der Waals surface area contributed by atoms with Gasteiger partial charge in [0.1, 0.15) is 6.04 Å². The van der Waals surface area contributed by atoms with Gasteiger partial charge in [-0.3, -0.25) is 9.59 Å². The predicted molar refractivity (Wildman–Crippen MR) is 139 cm³/mol. The van der Waals surface area contributed by atoms with E-state index in [4.69, 9.17) is 34.8 Å². The molecule has 1 unspecified atom stereocenters. The lowest BCUT2D eigenvalue weighted by Gasteiger charge is -2.31. The molecule has 0 heterocycles. The number of carbonyl (C=O) groups excluding carboxylic acids is 2. The Balaban J connectivity index is 1.66. The zero-order valence-electron chi connectivity index (χ0n) is 18.7. The average molecular weight is 528 g/mol. The molecule has 1 aliphatic rings. The van der Waals surface area contributed by atoms with E-state index in [2.05, 4.69) is 5.32 Å². The summed E-state index contributed by atoms with van der Waals surface area (Å²) in [5.74, 6) is 0.639. The van der Waals surface area contributed by atoms with E-state index in [-0.39, 0.29) is 30.2 Å². The molecule has 0 spiro atoms. The highest BCUT2D eigenvalue weighted by Gasteiger charge is 2.28. The van der Waals surface area contributed by atoms with E-state index >= 15 is 0 Å². The molecular formula is C25H29Cl3N2O2S. The lowest BCUT2D eigenvalue weighted by atomic mass is 9.95. The van der Waals surface area contributed by atoms with Crippen molar-refractivity contribution in [2.45, 2.75) is 63.4 Å². The minimum Gasteiger partial charge on any atom is -0.352 e. The molecule has 1 aliphatic carbocycles. The molecule has 1 saturated carbocycles. The predicted octanol–water partition coefficient (Wildman–Crippen LogP) is 6.75. The molecule has 1 fully saturated rings. The Bertz CT molecular complexity index is 966. The van der Waals surface area contributed by atoms with Crippen LogP contribution in [0.1, 0.15) is 50.2 Å². The van der Waals surface area contributed by atoms with Gasteiger partial charge >= 0.3 is 0 Å². The van der Waals surface area contributed by atoms with E-state index in [1.165, 1.54) is 18.2 Å². The molecule has 2 aromatic carbocycles. The number of benzene rings is 2. The van der Waals surface area contributed by atoms with Crippen molar-refractivity contribution < 1.29 is 9.59 Å². The first-order valence-corrected chi connectivity index (χ1v) is 13.5. The first-order valence-electron chi connectivity index (χ1n) is 11.2. The van der Waals surface area contributed by atoms with Crippen LogP contribution in [0.25, 0.3) is 0 Å².